The highest BCUT2D eigenvalue weighted by Crippen LogP contribution is 2.27. The van der Waals surface area contributed by atoms with Crippen LogP contribution in [0.4, 0.5) is 5.69 Å². The first-order chi connectivity index (χ1) is 10.0. The summed E-state index contributed by atoms with van der Waals surface area (Å²) in [5.74, 6) is 0.0128. The molecule has 2 aromatic rings. The molecule has 0 saturated heterocycles. The molecule has 0 atom stereocenters. The van der Waals surface area contributed by atoms with E-state index in [9.17, 15) is 4.79 Å². The van der Waals surface area contributed by atoms with Crippen molar-refractivity contribution in [3.63, 3.8) is 0 Å². The van der Waals surface area contributed by atoms with E-state index in [-0.39, 0.29) is 11.9 Å². The number of hydrogen-bond acceptors (Lipinski definition) is 3. The van der Waals surface area contributed by atoms with Crippen LogP contribution < -0.4 is 10.2 Å². The van der Waals surface area contributed by atoms with E-state index in [2.05, 4.69) is 10.3 Å². The molecule has 0 fully saturated rings. The van der Waals surface area contributed by atoms with Crippen molar-refractivity contribution in [1.82, 2.24) is 10.3 Å². The van der Waals surface area contributed by atoms with Gasteiger partial charge in [-0.15, -0.1) is 0 Å². The van der Waals surface area contributed by atoms with Crippen molar-refractivity contribution in [2.24, 2.45) is 0 Å². The van der Waals surface area contributed by atoms with E-state index in [0.29, 0.717) is 11.6 Å². The van der Waals surface area contributed by atoms with Crippen LogP contribution in [0.3, 0.4) is 0 Å². The zero-order valence-electron chi connectivity index (χ0n) is 12.6. The predicted octanol–water partition coefficient (Wildman–Crippen LogP) is 3.24. The zero-order valence-corrected chi connectivity index (χ0v) is 13.3. The van der Waals surface area contributed by atoms with Crippen LogP contribution in [0.1, 0.15) is 20.8 Å². The Morgan fingerprint density at radius 1 is 1.38 bits per heavy atom. The van der Waals surface area contributed by atoms with Crippen LogP contribution in [-0.2, 0) is 4.79 Å². The summed E-state index contributed by atoms with van der Waals surface area (Å²) in [5, 5.41) is 4.54. The van der Waals surface area contributed by atoms with Crippen LogP contribution in [-0.4, -0.2) is 30.0 Å². The number of benzene rings is 1. The Balaban J connectivity index is 2.33. The summed E-state index contributed by atoms with van der Waals surface area (Å²) in [6.07, 6.45) is 1.76. The molecule has 4 nitrogen and oxygen atoms in total. The number of nitrogens with one attached hydrogen (secondary N) is 1. The number of nitrogens with zero attached hydrogens (tertiary/aromatic N) is 2. The van der Waals surface area contributed by atoms with Gasteiger partial charge in [-0.05, 0) is 45.0 Å². The highest BCUT2D eigenvalue weighted by atomic mass is 35.5. The topological polar surface area (TPSA) is 45.2 Å². The molecule has 0 aliphatic rings. The second-order valence-electron chi connectivity index (χ2n) is 5.23. The van der Waals surface area contributed by atoms with Gasteiger partial charge in [0.1, 0.15) is 0 Å². The Hall–Kier alpha value is -1.81. The Bertz CT molecular complexity index is 642. The number of pyridine rings is 1. The molecular formula is C16H20ClN3O. The standard InChI is InChI=1S/C16H20ClN3O/c1-4-20(10-16(21)19-11(2)3)15-7-8-18-14-6-5-12(17)9-13(14)15/h5-9,11H,4,10H2,1-3H3,(H,19,21). The minimum absolute atomic E-state index is 0.0128. The van der Waals surface area contributed by atoms with Gasteiger partial charge in [0.15, 0.2) is 0 Å². The van der Waals surface area contributed by atoms with Crippen LogP contribution in [0.2, 0.25) is 5.02 Å². The summed E-state index contributed by atoms with van der Waals surface area (Å²) < 4.78 is 0. The van der Waals surface area contributed by atoms with Crippen molar-refractivity contribution < 1.29 is 4.79 Å². The second-order valence-corrected chi connectivity index (χ2v) is 5.66. The second kappa shape index (κ2) is 6.76. The average molecular weight is 306 g/mol. The van der Waals surface area contributed by atoms with Crippen molar-refractivity contribution in [1.29, 1.82) is 0 Å². The predicted molar refractivity (Wildman–Crippen MR) is 87.9 cm³/mol. The lowest BCUT2D eigenvalue weighted by molar-refractivity contribution is -0.120. The molecule has 21 heavy (non-hydrogen) atoms. The number of aromatic nitrogens is 1. The van der Waals surface area contributed by atoms with Gasteiger partial charge in [0.05, 0.1) is 12.1 Å². The van der Waals surface area contributed by atoms with Crippen molar-refractivity contribution in [2.45, 2.75) is 26.8 Å². The van der Waals surface area contributed by atoms with Gasteiger partial charge in [0, 0.05) is 34.9 Å². The Kier molecular flexibility index (Phi) is 5.02. The van der Waals surface area contributed by atoms with Gasteiger partial charge in [0.2, 0.25) is 5.91 Å². The molecule has 0 aliphatic heterocycles. The quantitative estimate of drug-likeness (QED) is 0.922. The number of fused-ring (bicyclic) bond motifs is 1. The third-order valence-electron chi connectivity index (χ3n) is 3.19. The van der Waals surface area contributed by atoms with Crippen molar-refractivity contribution in [3.05, 3.63) is 35.5 Å². The fourth-order valence-electron chi connectivity index (χ4n) is 2.29. The van der Waals surface area contributed by atoms with Gasteiger partial charge >= 0.3 is 0 Å². The van der Waals surface area contributed by atoms with Crippen molar-refractivity contribution in [2.75, 3.05) is 18.0 Å². The molecule has 1 heterocycles. The van der Waals surface area contributed by atoms with Gasteiger partial charge in [-0.3, -0.25) is 9.78 Å². The number of anilines is 1. The maximum atomic E-state index is 12.0. The van der Waals surface area contributed by atoms with Gasteiger partial charge in [-0.25, -0.2) is 0 Å². The minimum atomic E-state index is 0.0128. The van der Waals surface area contributed by atoms with Crippen LogP contribution in [0, 0.1) is 0 Å². The largest absolute Gasteiger partial charge is 0.362 e. The summed E-state index contributed by atoms with van der Waals surface area (Å²) in [5.41, 5.74) is 1.85. The summed E-state index contributed by atoms with van der Waals surface area (Å²) in [6.45, 7) is 6.99. The van der Waals surface area contributed by atoms with Gasteiger partial charge in [-0.1, -0.05) is 11.6 Å². The molecule has 1 aromatic carbocycles. The van der Waals surface area contributed by atoms with Crippen molar-refractivity contribution >= 4 is 34.1 Å². The zero-order chi connectivity index (χ0) is 15.4. The monoisotopic (exact) mass is 305 g/mol. The fraction of sp³-hybridized carbons (Fsp3) is 0.375. The first kappa shape index (κ1) is 15.6. The SMILES string of the molecule is CCN(CC(=O)NC(C)C)c1ccnc2ccc(Cl)cc12. The van der Waals surface area contributed by atoms with Crippen LogP contribution in [0.25, 0.3) is 10.9 Å². The fourth-order valence-corrected chi connectivity index (χ4v) is 2.46. The van der Waals surface area contributed by atoms with E-state index < -0.39 is 0 Å². The number of carbonyl (C=O) groups excluding carboxylic acids is 1. The number of rotatable bonds is 5. The number of amides is 1. The van der Waals surface area contributed by atoms with E-state index in [4.69, 9.17) is 11.6 Å². The maximum absolute atomic E-state index is 12.0. The Morgan fingerprint density at radius 3 is 2.81 bits per heavy atom. The molecule has 112 valence electrons. The molecule has 1 aromatic heterocycles. The van der Waals surface area contributed by atoms with E-state index in [1.807, 2.05) is 49.9 Å². The van der Waals surface area contributed by atoms with E-state index in [0.717, 1.165) is 23.1 Å². The lowest BCUT2D eigenvalue weighted by Crippen LogP contribution is -2.40. The van der Waals surface area contributed by atoms with E-state index >= 15 is 0 Å². The van der Waals surface area contributed by atoms with Gasteiger partial charge < -0.3 is 10.2 Å². The molecule has 0 unspecified atom stereocenters. The first-order valence-electron chi connectivity index (χ1n) is 7.10. The lowest BCUT2D eigenvalue weighted by Gasteiger charge is -2.24. The minimum Gasteiger partial charge on any atom is -0.362 e. The summed E-state index contributed by atoms with van der Waals surface area (Å²) >= 11 is 6.09. The third kappa shape index (κ3) is 3.85. The van der Waals surface area contributed by atoms with Crippen LogP contribution in [0.5, 0.6) is 0 Å². The summed E-state index contributed by atoms with van der Waals surface area (Å²) in [6, 6.07) is 7.67. The maximum Gasteiger partial charge on any atom is 0.239 e. The smallest absolute Gasteiger partial charge is 0.239 e. The van der Waals surface area contributed by atoms with Crippen molar-refractivity contribution in [3.8, 4) is 0 Å². The molecule has 0 bridgehead atoms. The van der Waals surface area contributed by atoms with Gasteiger partial charge in [-0.2, -0.15) is 0 Å². The summed E-state index contributed by atoms with van der Waals surface area (Å²) in [4.78, 5) is 18.4. The molecule has 0 aliphatic carbocycles. The lowest BCUT2D eigenvalue weighted by atomic mass is 10.1. The number of halogens is 1. The molecule has 0 saturated carbocycles. The average Bonchev–Trinajstić information content (AvgIpc) is 2.43. The number of hydrogen-bond donors (Lipinski definition) is 1. The number of carbonyl (C=O) groups is 1. The van der Waals surface area contributed by atoms with E-state index in [1.54, 1.807) is 6.20 Å². The first-order valence-corrected chi connectivity index (χ1v) is 7.47. The molecule has 2 rings (SSSR count). The highest BCUT2D eigenvalue weighted by molar-refractivity contribution is 6.31. The highest BCUT2D eigenvalue weighted by Gasteiger charge is 2.13. The molecule has 0 radical (unpaired) electrons. The molecule has 0 spiro atoms. The van der Waals surface area contributed by atoms with Crippen LogP contribution >= 0.6 is 11.6 Å². The van der Waals surface area contributed by atoms with Crippen LogP contribution in [0.15, 0.2) is 30.5 Å². The number of likely N-dealkylation sites (N-methyl/N-ethyl adjacent to an activating group) is 1. The molecule has 1 N–H and O–H groups in total. The normalized spacial score (nSPS) is 10.9. The van der Waals surface area contributed by atoms with E-state index in [1.165, 1.54) is 0 Å². The Labute approximate surface area is 130 Å². The third-order valence-corrected chi connectivity index (χ3v) is 3.42. The Morgan fingerprint density at radius 2 is 2.14 bits per heavy atom. The van der Waals surface area contributed by atoms with Gasteiger partial charge in [0.25, 0.3) is 0 Å². The molecule has 5 heteroatoms. The molecule has 1 amide bonds. The summed E-state index contributed by atoms with van der Waals surface area (Å²) in [7, 11) is 0. The molecular weight excluding hydrogens is 286 g/mol.